The fraction of sp³-hybridized carbons (Fsp3) is 0.278. The molecule has 0 radical (unpaired) electrons. The number of nitrogens with one attached hydrogen (secondary N) is 1. The number of benzene rings is 2. The SMILES string of the molecule is CCN(CC)S(=O)(=O)c1cc(C(=O)Nc2cccc(C)c2)ccc1Cl. The Morgan fingerprint density at radius 2 is 1.80 bits per heavy atom. The van der Waals surface area contributed by atoms with Crippen molar-refractivity contribution in [1.82, 2.24) is 4.31 Å². The Kier molecular flexibility index (Phi) is 6.21. The number of aryl methyl sites for hydroxylation is 1. The molecule has 0 aliphatic carbocycles. The van der Waals surface area contributed by atoms with Crippen molar-refractivity contribution in [2.45, 2.75) is 25.7 Å². The van der Waals surface area contributed by atoms with Crippen LogP contribution < -0.4 is 5.32 Å². The lowest BCUT2D eigenvalue weighted by molar-refractivity contribution is 0.102. The van der Waals surface area contributed by atoms with Crippen LogP contribution in [0.1, 0.15) is 29.8 Å². The third-order valence-corrected chi connectivity index (χ3v) is 6.32. The maximum absolute atomic E-state index is 12.7. The minimum atomic E-state index is -3.75. The molecule has 0 heterocycles. The van der Waals surface area contributed by atoms with Gasteiger partial charge in [-0.05, 0) is 42.8 Å². The quantitative estimate of drug-likeness (QED) is 0.825. The lowest BCUT2D eigenvalue weighted by Crippen LogP contribution is -2.31. The molecule has 0 saturated carbocycles. The van der Waals surface area contributed by atoms with Crippen molar-refractivity contribution in [3.63, 3.8) is 0 Å². The second-order valence-corrected chi connectivity index (χ2v) is 7.87. The van der Waals surface area contributed by atoms with Crippen molar-refractivity contribution in [3.05, 3.63) is 58.6 Å². The number of hydrogen-bond donors (Lipinski definition) is 1. The van der Waals surface area contributed by atoms with Crippen LogP contribution in [0.2, 0.25) is 5.02 Å². The van der Waals surface area contributed by atoms with Crippen molar-refractivity contribution >= 4 is 33.2 Å². The van der Waals surface area contributed by atoms with Gasteiger partial charge in [0.05, 0.1) is 5.02 Å². The first-order valence-corrected chi connectivity index (χ1v) is 9.79. The van der Waals surface area contributed by atoms with Gasteiger partial charge in [0.2, 0.25) is 10.0 Å². The van der Waals surface area contributed by atoms with Crippen LogP contribution in [-0.4, -0.2) is 31.7 Å². The number of nitrogens with zero attached hydrogens (tertiary/aromatic N) is 1. The number of rotatable bonds is 6. The first-order valence-electron chi connectivity index (χ1n) is 7.97. The number of sulfonamides is 1. The zero-order chi connectivity index (χ0) is 18.6. The molecular weight excluding hydrogens is 360 g/mol. The summed E-state index contributed by atoms with van der Waals surface area (Å²) in [6.07, 6.45) is 0. The van der Waals surface area contributed by atoms with E-state index in [9.17, 15) is 13.2 Å². The van der Waals surface area contributed by atoms with Crippen molar-refractivity contribution in [1.29, 1.82) is 0 Å². The molecule has 0 aliphatic rings. The van der Waals surface area contributed by atoms with Gasteiger partial charge in [-0.15, -0.1) is 0 Å². The molecule has 134 valence electrons. The Labute approximate surface area is 153 Å². The molecule has 0 unspecified atom stereocenters. The van der Waals surface area contributed by atoms with Crippen LogP contribution in [0, 0.1) is 6.92 Å². The second-order valence-electron chi connectivity index (χ2n) is 5.56. The summed E-state index contributed by atoms with van der Waals surface area (Å²) in [7, 11) is -3.75. The van der Waals surface area contributed by atoms with Crippen molar-refractivity contribution < 1.29 is 13.2 Å². The Hall–Kier alpha value is -1.89. The molecule has 7 heteroatoms. The molecule has 2 aromatic carbocycles. The van der Waals surface area contributed by atoms with Gasteiger partial charge in [0.15, 0.2) is 0 Å². The maximum atomic E-state index is 12.7. The Morgan fingerprint density at radius 1 is 1.12 bits per heavy atom. The fourth-order valence-electron chi connectivity index (χ4n) is 2.47. The third kappa shape index (κ3) is 4.39. The lowest BCUT2D eigenvalue weighted by atomic mass is 10.2. The van der Waals surface area contributed by atoms with Gasteiger partial charge in [0.25, 0.3) is 5.91 Å². The largest absolute Gasteiger partial charge is 0.322 e. The first kappa shape index (κ1) is 19.4. The van der Waals surface area contributed by atoms with Gasteiger partial charge >= 0.3 is 0 Å². The second kappa shape index (κ2) is 7.99. The summed E-state index contributed by atoms with van der Waals surface area (Å²) >= 11 is 6.09. The van der Waals surface area contributed by atoms with Crippen molar-refractivity contribution in [3.8, 4) is 0 Å². The van der Waals surface area contributed by atoms with Crippen molar-refractivity contribution in [2.24, 2.45) is 0 Å². The van der Waals surface area contributed by atoms with Gasteiger partial charge in [0, 0.05) is 24.3 Å². The highest BCUT2D eigenvalue weighted by atomic mass is 35.5. The Bertz CT molecular complexity index is 878. The lowest BCUT2D eigenvalue weighted by Gasteiger charge is -2.19. The number of carbonyl (C=O) groups excluding carboxylic acids is 1. The number of carbonyl (C=O) groups is 1. The molecule has 1 amide bonds. The summed E-state index contributed by atoms with van der Waals surface area (Å²) in [5.74, 6) is -0.390. The number of halogens is 1. The highest BCUT2D eigenvalue weighted by molar-refractivity contribution is 7.89. The fourth-order valence-corrected chi connectivity index (χ4v) is 4.43. The molecule has 0 bridgehead atoms. The highest BCUT2D eigenvalue weighted by Gasteiger charge is 2.25. The third-order valence-electron chi connectivity index (χ3n) is 3.79. The molecule has 0 spiro atoms. The molecule has 25 heavy (non-hydrogen) atoms. The van der Waals surface area contributed by atoms with Gasteiger partial charge in [0.1, 0.15) is 4.90 Å². The molecule has 0 fully saturated rings. The van der Waals surface area contributed by atoms with Gasteiger partial charge in [-0.1, -0.05) is 37.6 Å². The van der Waals surface area contributed by atoms with E-state index in [1.807, 2.05) is 25.1 Å². The van der Waals surface area contributed by atoms with Gasteiger partial charge in [-0.25, -0.2) is 8.42 Å². The number of amides is 1. The van der Waals surface area contributed by atoms with E-state index in [0.29, 0.717) is 18.8 Å². The normalized spacial score (nSPS) is 11.6. The van der Waals surface area contributed by atoms with Gasteiger partial charge in [-0.3, -0.25) is 4.79 Å². The minimum Gasteiger partial charge on any atom is -0.322 e. The predicted octanol–water partition coefficient (Wildman–Crippen LogP) is 3.93. The molecule has 0 aliphatic heterocycles. The topological polar surface area (TPSA) is 66.5 Å². The maximum Gasteiger partial charge on any atom is 0.255 e. The van der Waals surface area contributed by atoms with Gasteiger partial charge in [-0.2, -0.15) is 4.31 Å². The monoisotopic (exact) mass is 380 g/mol. The van der Waals surface area contributed by atoms with E-state index >= 15 is 0 Å². The van der Waals surface area contributed by atoms with Crippen molar-refractivity contribution in [2.75, 3.05) is 18.4 Å². The summed E-state index contributed by atoms with van der Waals surface area (Å²) in [6, 6.07) is 11.6. The summed E-state index contributed by atoms with van der Waals surface area (Å²) in [5.41, 5.74) is 1.89. The van der Waals surface area contributed by atoms with E-state index in [1.165, 1.54) is 22.5 Å². The van der Waals surface area contributed by atoms with E-state index in [1.54, 1.807) is 19.9 Å². The smallest absolute Gasteiger partial charge is 0.255 e. The molecule has 0 aromatic heterocycles. The molecule has 0 atom stereocenters. The van der Waals surface area contributed by atoms with E-state index in [0.717, 1.165) is 5.56 Å². The Morgan fingerprint density at radius 3 is 2.40 bits per heavy atom. The zero-order valence-corrected chi connectivity index (χ0v) is 16.0. The first-order chi connectivity index (χ1) is 11.8. The van der Waals surface area contributed by atoms with Crippen LogP contribution in [0.3, 0.4) is 0 Å². The number of anilines is 1. The van der Waals surface area contributed by atoms with Crippen LogP contribution in [-0.2, 0) is 10.0 Å². The molecule has 2 rings (SSSR count). The van der Waals surface area contributed by atoms with Crippen LogP contribution in [0.15, 0.2) is 47.4 Å². The van der Waals surface area contributed by atoms with Crippen LogP contribution >= 0.6 is 11.6 Å². The van der Waals surface area contributed by atoms with E-state index in [2.05, 4.69) is 5.32 Å². The van der Waals surface area contributed by atoms with E-state index in [-0.39, 0.29) is 15.5 Å². The average Bonchev–Trinajstić information content (AvgIpc) is 2.55. The molecule has 5 nitrogen and oxygen atoms in total. The van der Waals surface area contributed by atoms with Gasteiger partial charge < -0.3 is 5.32 Å². The number of hydrogen-bond acceptors (Lipinski definition) is 3. The minimum absolute atomic E-state index is 0.0604. The summed E-state index contributed by atoms with van der Waals surface area (Å²) in [5, 5.41) is 2.86. The Balaban J connectivity index is 2.37. The standard InChI is InChI=1S/C18H21ClN2O3S/c1-4-21(5-2)25(23,24)17-12-14(9-10-16(17)19)18(22)20-15-8-6-7-13(3)11-15/h6-12H,4-5H2,1-3H3,(H,20,22). The highest BCUT2D eigenvalue weighted by Crippen LogP contribution is 2.26. The van der Waals surface area contributed by atoms with Crippen LogP contribution in [0.4, 0.5) is 5.69 Å². The molecule has 2 aromatic rings. The average molecular weight is 381 g/mol. The summed E-state index contributed by atoms with van der Waals surface area (Å²) < 4.78 is 26.7. The van der Waals surface area contributed by atoms with E-state index in [4.69, 9.17) is 11.6 Å². The van der Waals surface area contributed by atoms with E-state index < -0.39 is 15.9 Å². The molecular formula is C18H21ClN2O3S. The molecule has 0 saturated heterocycles. The van der Waals surface area contributed by atoms with Crippen LogP contribution in [0.5, 0.6) is 0 Å². The summed E-state index contributed by atoms with van der Waals surface area (Å²) in [4.78, 5) is 12.4. The predicted molar refractivity (Wildman–Crippen MR) is 101 cm³/mol. The summed E-state index contributed by atoms with van der Waals surface area (Å²) in [6.45, 7) is 6.09. The molecule has 1 N–H and O–H groups in total. The zero-order valence-electron chi connectivity index (χ0n) is 14.4. The van der Waals surface area contributed by atoms with Crippen LogP contribution in [0.25, 0.3) is 0 Å².